The van der Waals surface area contributed by atoms with E-state index in [1.54, 1.807) is 12.1 Å². The van der Waals surface area contributed by atoms with Crippen LogP contribution < -0.4 is 9.47 Å². The van der Waals surface area contributed by atoms with E-state index in [1.807, 2.05) is 91.9 Å². The lowest BCUT2D eigenvalue weighted by Crippen LogP contribution is -2.43. The zero-order valence-corrected chi connectivity index (χ0v) is 27.9. The Morgan fingerprint density at radius 2 is 1.73 bits per heavy atom. The van der Waals surface area contributed by atoms with E-state index in [9.17, 15) is 24.6 Å². The zero-order valence-electron chi connectivity index (χ0n) is 27.9. The van der Waals surface area contributed by atoms with E-state index >= 15 is 0 Å². The lowest BCUT2D eigenvalue weighted by atomic mass is 9.87. The van der Waals surface area contributed by atoms with E-state index in [4.69, 9.17) is 18.6 Å². The fraction of sp³-hybridized carbons (Fsp3) is 0.200. The Morgan fingerprint density at radius 3 is 2.51 bits per heavy atom. The standard InChI is InChI=1S/C40H36N2O9/c1-3-19-48-40(47)31(22-37(43)44)38(45)39(46)42(23-26-15-16-27-9-4-5-10-28(27)20-26)25(2)30(29-17-18-34-35(21-29)50-24-49-34)11-8-14-36-41-32-12-6-7-13-33(32)51-36/h3-10,12-18,20-21,25,30,45H,1,11,19,22-24H2,2H3,(H,43,44)/t25-,30+/m1/s1. The highest BCUT2D eigenvalue weighted by molar-refractivity contribution is 6.03. The maximum atomic E-state index is 14.4. The third-order valence-electron chi connectivity index (χ3n) is 8.68. The summed E-state index contributed by atoms with van der Waals surface area (Å²) in [6.45, 7) is 5.20. The second kappa shape index (κ2) is 15.5. The minimum atomic E-state index is -1.42. The van der Waals surface area contributed by atoms with Crippen molar-refractivity contribution in [3.8, 4) is 11.5 Å². The molecule has 0 saturated carbocycles. The van der Waals surface area contributed by atoms with E-state index < -0.39 is 47.6 Å². The highest BCUT2D eigenvalue weighted by Crippen LogP contribution is 2.38. The van der Waals surface area contributed by atoms with Crippen molar-refractivity contribution in [2.75, 3.05) is 13.4 Å². The number of allylic oxidation sites excluding steroid dienone is 1. The molecule has 5 aromatic rings. The largest absolute Gasteiger partial charge is 0.503 e. The van der Waals surface area contributed by atoms with E-state index in [2.05, 4.69) is 11.6 Å². The molecule has 260 valence electrons. The van der Waals surface area contributed by atoms with Crippen LogP contribution in [0, 0.1) is 0 Å². The molecule has 2 heterocycles. The summed E-state index contributed by atoms with van der Waals surface area (Å²) in [4.78, 5) is 45.0. The normalized spacial score (nSPS) is 13.9. The summed E-state index contributed by atoms with van der Waals surface area (Å²) in [6, 6.07) is 25.9. The zero-order chi connectivity index (χ0) is 35.9. The summed E-state index contributed by atoms with van der Waals surface area (Å²) in [5.74, 6) is -3.35. The molecule has 2 atom stereocenters. The van der Waals surface area contributed by atoms with Gasteiger partial charge in [-0.05, 0) is 71.7 Å². The second-order valence-corrected chi connectivity index (χ2v) is 12.0. The van der Waals surface area contributed by atoms with Crippen molar-refractivity contribution in [3.05, 3.63) is 132 Å². The molecule has 0 saturated heterocycles. The van der Waals surface area contributed by atoms with E-state index in [0.717, 1.165) is 27.4 Å². The van der Waals surface area contributed by atoms with Crippen LogP contribution in [0.2, 0.25) is 0 Å². The van der Waals surface area contributed by atoms with Crippen molar-refractivity contribution in [2.45, 2.75) is 38.3 Å². The molecule has 0 aliphatic carbocycles. The predicted molar refractivity (Wildman–Crippen MR) is 190 cm³/mol. The number of hydrogen-bond donors (Lipinski definition) is 2. The number of carbonyl (C=O) groups excluding carboxylic acids is 2. The quantitative estimate of drug-likeness (QED) is 0.0526. The van der Waals surface area contributed by atoms with Gasteiger partial charge in [0.25, 0.3) is 5.91 Å². The average molecular weight is 689 g/mol. The maximum absolute atomic E-state index is 14.4. The van der Waals surface area contributed by atoms with Gasteiger partial charge in [0.1, 0.15) is 12.1 Å². The molecule has 11 nitrogen and oxygen atoms in total. The van der Waals surface area contributed by atoms with Crippen molar-refractivity contribution in [1.29, 1.82) is 0 Å². The number of carboxylic acids is 1. The highest BCUT2D eigenvalue weighted by Gasteiger charge is 2.34. The lowest BCUT2D eigenvalue weighted by molar-refractivity contribution is -0.143. The molecule has 51 heavy (non-hydrogen) atoms. The van der Waals surface area contributed by atoms with Gasteiger partial charge in [-0.1, -0.05) is 73.3 Å². The van der Waals surface area contributed by atoms with E-state index in [0.29, 0.717) is 29.4 Å². The van der Waals surface area contributed by atoms with Gasteiger partial charge in [-0.25, -0.2) is 9.78 Å². The molecule has 1 amide bonds. The first-order valence-corrected chi connectivity index (χ1v) is 16.3. The van der Waals surface area contributed by atoms with Crippen LogP contribution >= 0.6 is 0 Å². The van der Waals surface area contributed by atoms with Crippen molar-refractivity contribution in [1.82, 2.24) is 9.88 Å². The number of esters is 1. The van der Waals surface area contributed by atoms with Gasteiger partial charge in [0.05, 0.1) is 12.0 Å². The number of aliphatic hydroxyl groups is 1. The SMILES string of the molecule is C=CCOC(=O)C(CC(=O)O)=C(O)C(=O)N(Cc1ccc2ccccc2c1)[C@H](C)[C@H](CC=Cc1nc2ccccc2o1)c1ccc2c(c1)OCO2. The molecule has 0 radical (unpaired) electrons. The van der Waals surface area contributed by atoms with Gasteiger partial charge in [0.2, 0.25) is 12.7 Å². The van der Waals surface area contributed by atoms with Crippen LogP contribution in [0.4, 0.5) is 0 Å². The summed E-state index contributed by atoms with van der Waals surface area (Å²) >= 11 is 0. The monoisotopic (exact) mass is 688 g/mol. The third-order valence-corrected chi connectivity index (χ3v) is 8.68. The molecule has 2 N–H and O–H groups in total. The Kier molecular flexibility index (Phi) is 10.5. The van der Waals surface area contributed by atoms with Gasteiger partial charge < -0.3 is 33.7 Å². The molecule has 1 aliphatic heterocycles. The number of carboxylic acid groups (broad SMARTS) is 1. The molecule has 6 rings (SSSR count). The Labute approximate surface area is 293 Å². The van der Waals surface area contributed by atoms with Crippen molar-refractivity contribution in [2.24, 2.45) is 0 Å². The number of nitrogens with zero attached hydrogens (tertiary/aromatic N) is 2. The molecule has 1 aliphatic rings. The number of aliphatic hydroxyl groups excluding tert-OH is 1. The predicted octanol–water partition coefficient (Wildman–Crippen LogP) is 7.33. The van der Waals surface area contributed by atoms with Crippen molar-refractivity contribution >= 4 is 45.8 Å². The first kappa shape index (κ1) is 34.5. The summed E-state index contributed by atoms with van der Waals surface area (Å²) in [5.41, 5.74) is 2.26. The summed E-state index contributed by atoms with van der Waals surface area (Å²) in [5, 5.41) is 22.9. The first-order valence-electron chi connectivity index (χ1n) is 16.3. The van der Waals surface area contributed by atoms with E-state index in [-0.39, 0.29) is 19.9 Å². The van der Waals surface area contributed by atoms with Gasteiger partial charge in [-0.2, -0.15) is 0 Å². The molecule has 0 fully saturated rings. The number of amides is 1. The van der Waals surface area contributed by atoms with Crippen LogP contribution in [-0.4, -0.2) is 57.4 Å². The molecular formula is C40H36N2O9. The molecule has 0 spiro atoms. The molecular weight excluding hydrogens is 652 g/mol. The molecule has 4 aromatic carbocycles. The number of oxazole rings is 1. The molecule has 11 heteroatoms. The number of ether oxygens (including phenoxy) is 3. The Bertz CT molecular complexity index is 2130. The summed E-state index contributed by atoms with van der Waals surface area (Å²) < 4.78 is 22.2. The van der Waals surface area contributed by atoms with Crippen LogP contribution in [0.1, 0.15) is 42.7 Å². The maximum Gasteiger partial charge on any atom is 0.338 e. The summed E-state index contributed by atoms with van der Waals surface area (Å²) in [7, 11) is 0. The van der Waals surface area contributed by atoms with Crippen LogP contribution in [0.15, 0.2) is 119 Å². The van der Waals surface area contributed by atoms with Crippen LogP contribution in [-0.2, 0) is 25.7 Å². The smallest absolute Gasteiger partial charge is 0.338 e. The first-order chi connectivity index (χ1) is 24.7. The van der Waals surface area contributed by atoms with Gasteiger partial charge in [-0.15, -0.1) is 0 Å². The lowest BCUT2D eigenvalue weighted by Gasteiger charge is -2.35. The fourth-order valence-corrected chi connectivity index (χ4v) is 6.07. The van der Waals surface area contributed by atoms with E-state index in [1.165, 1.54) is 11.0 Å². The minimum absolute atomic E-state index is 0.0207. The number of fused-ring (bicyclic) bond motifs is 3. The Balaban J connectivity index is 1.41. The van der Waals surface area contributed by atoms with Crippen molar-refractivity contribution < 1.29 is 43.2 Å². The topological polar surface area (TPSA) is 149 Å². The fourth-order valence-electron chi connectivity index (χ4n) is 6.07. The van der Waals surface area contributed by atoms with Crippen LogP contribution in [0.5, 0.6) is 11.5 Å². The molecule has 1 aromatic heterocycles. The third kappa shape index (κ3) is 7.94. The van der Waals surface area contributed by atoms with Crippen molar-refractivity contribution in [3.63, 3.8) is 0 Å². The number of carbonyl (C=O) groups is 3. The molecule has 0 bridgehead atoms. The van der Waals surface area contributed by atoms with Crippen LogP contribution in [0.25, 0.3) is 27.9 Å². The summed E-state index contributed by atoms with van der Waals surface area (Å²) in [6.07, 6.45) is 4.42. The van der Waals surface area contributed by atoms with Gasteiger partial charge in [0, 0.05) is 18.5 Å². The number of hydrogen-bond acceptors (Lipinski definition) is 9. The molecule has 0 unspecified atom stereocenters. The number of aromatic nitrogens is 1. The van der Waals surface area contributed by atoms with Crippen LogP contribution in [0.3, 0.4) is 0 Å². The minimum Gasteiger partial charge on any atom is -0.503 e. The number of para-hydroxylation sites is 2. The highest BCUT2D eigenvalue weighted by atomic mass is 16.7. The average Bonchev–Trinajstić information content (AvgIpc) is 3.79. The number of benzene rings is 4. The second-order valence-electron chi connectivity index (χ2n) is 12.0. The Morgan fingerprint density at radius 1 is 0.961 bits per heavy atom. The Hall–Kier alpha value is -6.36. The number of aliphatic carboxylic acids is 1. The van der Waals surface area contributed by atoms with Gasteiger partial charge in [-0.3, -0.25) is 9.59 Å². The van der Waals surface area contributed by atoms with Gasteiger partial charge in [0.15, 0.2) is 22.8 Å². The number of rotatable bonds is 14. The van der Waals surface area contributed by atoms with Gasteiger partial charge >= 0.3 is 11.9 Å².